The predicted molar refractivity (Wildman–Crippen MR) is 99.9 cm³/mol. The highest BCUT2D eigenvalue weighted by Crippen LogP contribution is 2.48. The van der Waals surface area contributed by atoms with Gasteiger partial charge in [0.1, 0.15) is 29.2 Å². The van der Waals surface area contributed by atoms with E-state index in [1.54, 1.807) is 0 Å². The van der Waals surface area contributed by atoms with Crippen molar-refractivity contribution in [1.82, 2.24) is 19.9 Å². The molecule has 0 unspecified atom stereocenters. The molecule has 5 nitrogen and oxygen atoms in total. The van der Waals surface area contributed by atoms with Crippen LogP contribution in [-0.4, -0.2) is 32.7 Å². The fraction of sp³-hybridized carbons (Fsp3) is 0.263. The first-order valence-corrected chi connectivity index (χ1v) is 9.25. The molecule has 0 bridgehead atoms. The summed E-state index contributed by atoms with van der Waals surface area (Å²) in [6, 6.07) is 3.35. The van der Waals surface area contributed by atoms with Gasteiger partial charge in [-0.2, -0.15) is 13.2 Å². The quantitative estimate of drug-likeness (QED) is 0.425. The molecule has 1 N–H and O–H groups in total. The van der Waals surface area contributed by atoms with Crippen LogP contribution in [0.4, 0.5) is 27.8 Å². The van der Waals surface area contributed by atoms with Crippen LogP contribution in [0, 0.1) is 11.6 Å². The average Bonchev–Trinajstić information content (AvgIpc) is 3.52. The van der Waals surface area contributed by atoms with Gasteiger partial charge in [-0.25, -0.2) is 28.7 Å². The zero-order valence-electron chi connectivity index (χ0n) is 15.1. The van der Waals surface area contributed by atoms with Crippen molar-refractivity contribution in [3.63, 3.8) is 0 Å². The number of alkyl halides is 3. The average molecular weight is 442 g/mol. The van der Waals surface area contributed by atoms with Gasteiger partial charge in [0.15, 0.2) is 5.82 Å². The fourth-order valence-corrected chi connectivity index (χ4v) is 3.32. The molecule has 0 atom stereocenters. The lowest BCUT2D eigenvalue weighted by Gasteiger charge is -2.18. The van der Waals surface area contributed by atoms with E-state index in [9.17, 15) is 22.0 Å². The molecule has 4 rings (SSSR count). The summed E-state index contributed by atoms with van der Waals surface area (Å²) in [7, 11) is 0. The lowest BCUT2D eigenvalue weighted by atomic mass is 9.96. The Hall–Kier alpha value is -2.88. The van der Waals surface area contributed by atoms with E-state index in [-0.39, 0.29) is 39.7 Å². The first-order chi connectivity index (χ1) is 14.2. The van der Waals surface area contributed by atoms with Gasteiger partial charge in [0.2, 0.25) is 5.82 Å². The first-order valence-electron chi connectivity index (χ1n) is 8.88. The normalized spacial score (nSPS) is 14.1. The van der Waals surface area contributed by atoms with E-state index in [0.717, 1.165) is 6.07 Å². The lowest BCUT2D eigenvalue weighted by Crippen LogP contribution is -2.22. The number of anilines is 1. The van der Waals surface area contributed by atoms with Crippen molar-refractivity contribution in [2.24, 2.45) is 0 Å². The van der Waals surface area contributed by atoms with Crippen LogP contribution in [0.5, 0.6) is 0 Å². The van der Waals surface area contributed by atoms with Crippen LogP contribution < -0.4 is 5.32 Å². The van der Waals surface area contributed by atoms with E-state index >= 15 is 0 Å². The maximum Gasteiger partial charge on any atom is 0.405 e. The maximum absolute atomic E-state index is 14.8. The van der Waals surface area contributed by atoms with Gasteiger partial charge in [0, 0.05) is 24.0 Å². The van der Waals surface area contributed by atoms with Gasteiger partial charge in [0.25, 0.3) is 0 Å². The van der Waals surface area contributed by atoms with Crippen molar-refractivity contribution in [2.75, 3.05) is 11.9 Å². The Morgan fingerprint density at radius 3 is 2.33 bits per heavy atom. The Balaban J connectivity index is 1.91. The standard InChI is InChI=1S/C19H13ClF5N5/c20-15-14(13-11(9-2-3-9)6-10(21)7-12(13)22)16(28-8-19(23,24)25)30-18(29-15)17-26-4-1-5-27-17/h1,4-7,9H,2-3,8H2,(H,28,29,30). The second kappa shape index (κ2) is 7.75. The van der Waals surface area contributed by atoms with Gasteiger partial charge in [-0.3, -0.25) is 0 Å². The number of hydrogen-bond acceptors (Lipinski definition) is 5. The molecule has 0 spiro atoms. The summed E-state index contributed by atoms with van der Waals surface area (Å²) in [5.41, 5.74) is 0.0332. The van der Waals surface area contributed by atoms with Crippen molar-refractivity contribution in [3.8, 4) is 22.8 Å². The van der Waals surface area contributed by atoms with E-state index in [0.29, 0.717) is 24.5 Å². The Kier molecular flexibility index (Phi) is 5.27. The van der Waals surface area contributed by atoms with E-state index in [2.05, 4.69) is 25.3 Å². The van der Waals surface area contributed by atoms with Crippen LogP contribution in [0.25, 0.3) is 22.8 Å². The minimum Gasteiger partial charge on any atom is -0.360 e. The van der Waals surface area contributed by atoms with E-state index < -0.39 is 24.4 Å². The molecule has 0 aliphatic heterocycles. The molecule has 11 heteroatoms. The van der Waals surface area contributed by atoms with E-state index in [1.165, 1.54) is 18.5 Å². The monoisotopic (exact) mass is 441 g/mol. The number of rotatable bonds is 5. The van der Waals surface area contributed by atoms with Crippen molar-refractivity contribution in [1.29, 1.82) is 0 Å². The number of nitrogens with zero attached hydrogens (tertiary/aromatic N) is 4. The summed E-state index contributed by atoms with van der Waals surface area (Å²) in [5, 5.41) is 1.85. The summed E-state index contributed by atoms with van der Waals surface area (Å²) in [6.07, 6.45) is -0.355. The third kappa shape index (κ3) is 4.33. The van der Waals surface area contributed by atoms with Crippen molar-refractivity contribution < 1.29 is 22.0 Å². The second-order valence-electron chi connectivity index (χ2n) is 6.73. The molecule has 0 saturated heterocycles. The van der Waals surface area contributed by atoms with Crippen molar-refractivity contribution in [2.45, 2.75) is 24.9 Å². The molecule has 30 heavy (non-hydrogen) atoms. The summed E-state index contributed by atoms with van der Waals surface area (Å²) in [5.74, 6) is -2.31. The Morgan fingerprint density at radius 1 is 1.00 bits per heavy atom. The second-order valence-corrected chi connectivity index (χ2v) is 7.09. The Labute approximate surface area is 172 Å². The van der Waals surface area contributed by atoms with Gasteiger partial charge in [-0.15, -0.1) is 0 Å². The molecule has 3 aromatic rings. The molecule has 1 aliphatic carbocycles. The Bertz CT molecular complexity index is 1090. The van der Waals surface area contributed by atoms with E-state index in [1.807, 2.05) is 0 Å². The maximum atomic E-state index is 14.8. The van der Waals surface area contributed by atoms with Crippen molar-refractivity contribution >= 4 is 17.4 Å². The summed E-state index contributed by atoms with van der Waals surface area (Å²) in [4.78, 5) is 16.1. The van der Waals surface area contributed by atoms with Crippen LogP contribution >= 0.6 is 11.6 Å². The Morgan fingerprint density at radius 2 is 1.70 bits per heavy atom. The summed E-state index contributed by atoms with van der Waals surface area (Å²) in [6.45, 7) is -1.44. The topological polar surface area (TPSA) is 63.6 Å². The van der Waals surface area contributed by atoms with Gasteiger partial charge in [-0.05, 0) is 36.5 Å². The molecule has 1 fully saturated rings. The van der Waals surface area contributed by atoms with Crippen LogP contribution in [0.2, 0.25) is 5.15 Å². The van der Waals surface area contributed by atoms with Gasteiger partial charge >= 0.3 is 6.18 Å². The largest absolute Gasteiger partial charge is 0.405 e. The zero-order valence-corrected chi connectivity index (χ0v) is 15.9. The molecule has 1 saturated carbocycles. The molecular formula is C19H13ClF5N5. The number of halogens is 6. The van der Waals surface area contributed by atoms with Crippen LogP contribution in [0.3, 0.4) is 0 Å². The minimum absolute atomic E-state index is 0.0306. The highest BCUT2D eigenvalue weighted by molar-refractivity contribution is 6.33. The highest BCUT2D eigenvalue weighted by Gasteiger charge is 2.33. The number of benzene rings is 1. The van der Waals surface area contributed by atoms with Gasteiger partial charge < -0.3 is 5.32 Å². The third-order valence-corrected chi connectivity index (χ3v) is 4.71. The molecule has 1 aliphatic rings. The SMILES string of the molecule is Fc1cc(F)c(-c2c(Cl)nc(-c3ncccn3)nc2NCC(F)(F)F)c(C2CC2)c1. The minimum atomic E-state index is -4.57. The van der Waals surface area contributed by atoms with Crippen molar-refractivity contribution in [3.05, 3.63) is 52.9 Å². The molecular weight excluding hydrogens is 429 g/mol. The first kappa shape index (κ1) is 20.4. The molecule has 2 aromatic heterocycles. The lowest BCUT2D eigenvalue weighted by molar-refractivity contribution is -0.115. The highest BCUT2D eigenvalue weighted by atomic mass is 35.5. The predicted octanol–water partition coefficient (Wildman–Crippen LogP) is 5.38. The van der Waals surface area contributed by atoms with E-state index in [4.69, 9.17) is 11.6 Å². The molecule has 0 radical (unpaired) electrons. The summed E-state index contributed by atoms with van der Waals surface area (Å²) >= 11 is 6.29. The molecule has 0 amide bonds. The van der Waals surface area contributed by atoms with Crippen LogP contribution in [0.1, 0.15) is 24.3 Å². The fourth-order valence-electron chi connectivity index (χ4n) is 3.05. The van der Waals surface area contributed by atoms with Crippen LogP contribution in [-0.2, 0) is 0 Å². The van der Waals surface area contributed by atoms with Gasteiger partial charge in [-0.1, -0.05) is 11.6 Å². The summed E-state index contributed by atoms with van der Waals surface area (Å²) < 4.78 is 67.2. The smallest absolute Gasteiger partial charge is 0.360 e. The molecule has 1 aromatic carbocycles. The molecule has 156 valence electrons. The zero-order chi connectivity index (χ0) is 21.5. The number of aromatic nitrogens is 4. The number of nitrogens with one attached hydrogen (secondary N) is 1. The number of hydrogen-bond donors (Lipinski definition) is 1. The molecule has 2 heterocycles. The third-order valence-electron chi connectivity index (χ3n) is 4.44. The van der Waals surface area contributed by atoms with Gasteiger partial charge in [0.05, 0.1) is 5.56 Å². The van der Waals surface area contributed by atoms with Crippen LogP contribution in [0.15, 0.2) is 30.6 Å².